The van der Waals surface area contributed by atoms with E-state index >= 15 is 0 Å². The molecule has 0 aromatic heterocycles. The van der Waals surface area contributed by atoms with Crippen molar-refractivity contribution in [3.05, 3.63) is 23.8 Å². The molecular weight excluding hydrogens is 318 g/mol. The molecule has 0 heterocycles. The molecule has 0 N–H and O–H groups in total. The van der Waals surface area contributed by atoms with Gasteiger partial charge in [-0.2, -0.15) is 0 Å². The monoisotopic (exact) mass is 349 g/mol. The molecule has 0 amide bonds. The molecule has 5 nitrogen and oxygen atoms in total. The Labute approximate surface area is 151 Å². The lowest BCUT2D eigenvalue weighted by molar-refractivity contribution is -0.222. The number of hydroxylamine groups is 2. The fourth-order valence-corrected chi connectivity index (χ4v) is 4.39. The van der Waals surface area contributed by atoms with Crippen LogP contribution in [0, 0.1) is 11.8 Å². The van der Waals surface area contributed by atoms with E-state index in [1.54, 1.807) is 19.0 Å². The largest absolute Gasteiger partial charge is 0.466 e. The predicted molar refractivity (Wildman–Crippen MR) is 96.5 cm³/mol. The highest BCUT2D eigenvalue weighted by Gasteiger charge is 2.53. The van der Waals surface area contributed by atoms with E-state index < -0.39 is 5.54 Å². The van der Waals surface area contributed by atoms with E-state index in [4.69, 9.17) is 9.57 Å². The summed E-state index contributed by atoms with van der Waals surface area (Å²) in [4.78, 5) is 30.1. The van der Waals surface area contributed by atoms with Gasteiger partial charge in [0.2, 0.25) is 0 Å². The molecule has 2 rings (SSSR count). The molecule has 0 aromatic carbocycles. The van der Waals surface area contributed by atoms with Crippen molar-refractivity contribution in [2.45, 2.75) is 64.8 Å². The highest BCUT2D eigenvalue weighted by Crippen LogP contribution is 2.50. The number of ether oxygens (including phenoxy) is 1. The van der Waals surface area contributed by atoms with Crippen LogP contribution in [-0.4, -0.2) is 36.2 Å². The van der Waals surface area contributed by atoms with E-state index in [-0.39, 0.29) is 24.3 Å². The van der Waals surface area contributed by atoms with E-state index in [0.29, 0.717) is 18.9 Å². The van der Waals surface area contributed by atoms with Crippen LogP contribution in [0.3, 0.4) is 0 Å². The molecule has 2 aliphatic carbocycles. The number of rotatable bonds is 7. The lowest BCUT2D eigenvalue weighted by atomic mass is 9.61. The van der Waals surface area contributed by atoms with Gasteiger partial charge in [-0.1, -0.05) is 38.5 Å². The van der Waals surface area contributed by atoms with Gasteiger partial charge in [0, 0.05) is 13.5 Å². The van der Waals surface area contributed by atoms with Gasteiger partial charge in [0.25, 0.3) is 0 Å². The number of esters is 1. The summed E-state index contributed by atoms with van der Waals surface area (Å²) >= 11 is 0. The van der Waals surface area contributed by atoms with Crippen LogP contribution in [-0.2, 0) is 19.2 Å². The quantitative estimate of drug-likeness (QED) is 0.517. The molecule has 2 aliphatic rings. The number of allylic oxidation sites excluding steroid dienone is 3. The summed E-state index contributed by atoms with van der Waals surface area (Å²) in [5.74, 6) is 0.108. The Balaban J connectivity index is 2.47. The molecule has 1 saturated carbocycles. The van der Waals surface area contributed by atoms with Gasteiger partial charge in [0.05, 0.1) is 18.6 Å². The first-order chi connectivity index (χ1) is 12.0. The lowest BCUT2D eigenvalue weighted by Crippen LogP contribution is -2.58. The molecule has 0 spiro atoms. The van der Waals surface area contributed by atoms with Gasteiger partial charge in [0.15, 0.2) is 0 Å². The molecule has 1 fully saturated rings. The Morgan fingerprint density at radius 1 is 1.24 bits per heavy atom. The summed E-state index contributed by atoms with van der Waals surface area (Å²) < 4.78 is 5.27. The van der Waals surface area contributed by atoms with Crippen molar-refractivity contribution in [1.82, 2.24) is 5.06 Å². The van der Waals surface area contributed by atoms with Crippen LogP contribution in [0.1, 0.15) is 59.3 Å². The molecule has 5 heteroatoms. The summed E-state index contributed by atoms with van der Waals surface area (Å²) in [6, 6.07) is 0. The first-order valence-corrected chi connectivity index (χ1v) is 9.46. The van der Waals surface area contributed by atoms with Crippen molar-refractivity contribution in [3.63, 3.8) is 0 Å². The maximum Gasteiger partial charge on any atom is 0.324 e. The normalized spacial score (nSPS) is 28.3. The molecule has 0 bridgehead atoms. The average molecular weight is 349 g/mol. The van der Waals surface area contributed by atoms with Crippen molar-refractivity contribution in [2.24, 2.45) is 11.8 Å². The summed E-state index contributed by atoms with van der Waals surface area (Å²) in [5.41, 5.74) is 0.576. The Morgan fingerprint density at radius 2 is 2.00 bits per heavy atom. The Morgan fingerprint density at radius 3 is 2.64 bits per heavy atom. The second-order valence-electron chi connectivity index (χ2n) is 6.89. The van der Waals surface area contributed by atoms with Crippen LogP contribution in [0.4, 0.5) is 0 Å². The zero-order valence-corrected chi connectivity index (χ0v) is 15.9. The van der Waals surface area contributed by atoms with Crippen LogP contribution < -0.4 is 0 Å². The van der Waals surface area contributed by atoms with Crippen molar-refractivity contribution < 1.29 is 19.2 Å². The Bertz CT molecular complexity index is 554. The van der Waals surface area contributed by atoms with Crippen LogP contribution in [0.5, 0.6) is 0 Å². The Hall–Kier alpha value is -1.62. The second-order valence-corrected chi connectivity index (χ2v) is 6.89. The molecule has 25 heavy (non-hydrogen) atoms. The van der Waals surface area contributed by atoms with E-state index in [1.165, 1.54) is 5.57 Å². The van der Waals surface area contributed by atoms with Crippen LogP contribution in [0.15, 0.2) is 23.8 Å². The minimum absolute atomic E-state index is 0.211. The van der Waals surface area contributed by atoms with E-state index in [0.717, 1.165) is 25.7 Å². The first-order valence-electron chi connectivity index (χ1n) is 9.46. The molecule has 0 saturated heterocycles. The Kier molecular flexibility index (Phi) is 6.82. The molecule has 2 unspecified atom stereocenters. The highest BCUT2D eigenvalue weighted by molar-refractivity contribution is 5.73. The molecule has 0 aliphatic heterocycles. The van der Waals surface area contributed by atoms with Gasteiger partial charge in [-0.05, 0) is 43.6 Å². The zero-order valence-electron chi connectivity index (χ0n) is 15.9. The standard InChI is InChI=1S/C20H31NO4/c1-5-16-13-12-15-10-8-9-11-17(15)20(16,14-19(23)24-7-3)21(4)25-18(22)6-2/h8-9,11,15-16H,5-7,10,12-14H2,1-4H3/t15?,16?,20-/m0/s1. The van der Waals surface area contributed by atoms with E-state index in [2.05, 4.69) is 25.2 Å². The fourth-order valence-electron chi connectivity index (χ4n) is 4.39. The molecule has 140 valence electrons. The van der Waals surface area contributed by atoms with Crippen molar-refractivity contribution in [1.29, 1.82) is 0 Å². The zero-order chi connectivity index (χ0) is 18.4. The maximum absolute atomic E-state index is 12.5. The number of hydrogen-bond donors (Lipinski definition) is 0. The van der Waals surface area contributed by atoms with Crippen molar-refractivity contribution in [3.8, 4) is 0 Å². The minimum Gasteiger partial charge on any atom is -0.466 e. The summed E-state index contributed by atoms with van der Waals surface area (Å²) in [6.07, 6.45) is 10.9. The SMILES string of the molecule is CCOC(=O)C[C@@]1(N(C)OC(=O)CC)C2=CC=CCC2CCC1CC. The van der Waals surface area contributed by atoms with Crippen molar-refractivity contribution >= 4 is 11.9 Å². The smallest absolute Gasteiger partial charge is 0.324 e. The lowest BCUT2D eigenvalue weighted by Gasteiger charge is -2.52. The molecule has 3 atom stereocenters. The van der Waals surface area contributed by atoms with Crippen LogP contribution in [0.2, 0.25) is 0 Å². The van der Waals surface area contributed by atoms with Gasteiger partial charge < -0.3 is 9.57 Å². The van der Waals surface area contributed by atoms with Crippen molar-refractivity contribution in [2.75, 3.05) is 13.7 Å². The molecule has 0 aromatic rings. The number of nitrogens with zero attached hydrogens (tertiary/aromatic N) is 1. The minimum atomic E-state index is -0.625. The third-order valence-electron chi connectivity index (χ3n) is 5.61. The van der Waals surface area contributed by atoms with Crippen LogP contribution >= 0.6 is 0 Å². The molecule has 0 radical (unpaired) electrons. The van der Waals surface area contributed by atoms with E-state index in [9.17, 15) is 9.59 Å². The maximum atomic E-state index is 12.5. The first kappa shape index (κ1) is 19.7. The third-order valence-corrected chi connectivity index (χ3v) is 5.61. The topological polar surface area (TPSA) is 55.8 Å². The second kappa shape index (κ2) is 8.65. The van der Waals surface area contributed by atoms with Gasteiger partial charge >= 0.3 is 11.9 Å². The van der Waals surface area contributed by atoms with Gasteiger partial charge in [-0.15, -0.1) is 5.06 Å². The number of likely N-dealkylation sites (N-methyl/N-ethyl adjacent to an activating group) is 1. The number of carbonyl (C=O) groups is 2. The fraction of sp³-hybridized carbons (Fsp3) is 0.700. The highest BCUT2D eigenvalue weighted by atomic mass is 16.7. The average Bonchev–Trinajstić information content (AvgIpc) is 2.61. The number of hydrogen-bond acceptors (Lipinski definition) is 5. The summed E-state index contributed by atoms with van der Waals surface area (Å²) in [7, 11) is 1.79. The molecular formula is C20H31NO4. The summed E-state index contributed by atoms with van der Waals surface area (Å²) in [6.45, 7) is 6.08. The predicted octanol–water partition coefficient (Wildman–Crippen LogP) is 3.80. The van der Waals surface area contributed by atoms with Gasteiger partial charge in [-0.25, -0.2) is 0 Å². The van der Waals surface area contributed by atoms with Gasteiger partial charge in [-0.3, -0.25) is 9.59 Å². The number of carbonyl (C=O) groups excluding carboxylic acids is 2. The third kappa shape index (κ3) is 3.97. The summed E-state index contributed by atoms with van der Waals surface area (Å²) in [5, 5.41) is 1.65. The van der Waals surface area contributed by atoms with Gasteiger partial charge in [0.1, 0.15) is 0 Å². The van der Waals surface area contributed by atoms with Crippen LogP contribution in [0.25, 0.3) is 0 Å². The number of fused-ring (bicyclic) bond motifs is 1. The van der Waals surface area contributed by atoms with E-state index in [1.807, 2.05) is 6.92 Å².